The Morgan fingerprint density at radius 1 is 1.00 bits per heavy atom. The molecular weight excluding hydrogens is 408 g/mol. The van der Waals surface area contributed by atoms with Crippen LogP contribution < -0.4 is 0 Å². The van der Waals surface area contributed by atoms with Gasteiger partial charge in [-0.25, -0.2) is 4.98 Å². The van der Waals surface area contributed by atoms with Gasteiger partial charge in [0.25, 0.3) is 0 Å². The van der Waals surface area contributed by atoms with Gasteiger partial charge in [0.15, 0.2) is 0 Å². The Balaban J connectivity index is 1.40. The molecule has 162 valence electrons. The topological polar surface area (TPSA) is 41.4 Å². The summed E-state index contributed by atoms with van der Waals surface area (Å²) in [5.41, 5.74) is 2.49. The summed E-state index contributed by atoms with van der Waals surface area (Å²) in [4.78, 5) is 21.6. The Morgan fingerprint density at radius 2 is 1.68 bits per heavy atom. The molecule has 6 heteroatoms. The first kappa shape index (κ1) is 21.6. The number of piperazine rings is 1. The number of aromatic nitrogens is 2. The van der Waals surface area contributed by atoms with Crippen molar-refractivity contribution in [3.8, 4) is 0 Å². The molecule has 5 nitrogen and oxygen atoms in total. The highest BCUT2D eigenvalue weighted by atomic mass is 35.5. The molecule has 1 atom stereocenters. The Bertz CT molecular complexity index is 978. The summed E-state index contributed by atoms with van der Waals surface area (Å²) in [5, 5.41) is 0.745. The first-order valence-corrected chi connectivity index (χ1v) is 11.4. The van der Waals surface area contributed by atoms with E-state index in [1.165, 1.54) is 11.1 Å². The molecule has 0 N–H and O–H groups in total. The van der Waals surface area contributed by atoms with Crippen molar-refractivity contribution in [3.05, 3.63) is 89.0 Å². The number of benzene rings is 2. The zero-order chi connectivity index (χ0) is 21.6. The summed E-state index contributed by atoms with van der Waals surface area (Å²) in [7, 11) is 0. The molecule has 0 saturated carbocycles. The quantitative estimate of drug-likeness (QED) is 0.550. The van der Waals surface area contributed by atoms with Crippen LogP contribution in [0.15, 0.2) is 67.0 Å². The van der Waals surface area contributed by atoms with Gasteiger partial charge in [0.1, 0.15) is 5.82 Å². The first-order valence-electron chi connectivity index (χ1n) is 11.0. The predicted molar refractivity (Wildman–Crippen MR) is 124 cm³/mol. The third kappa shape index (κ3) is 5.17. The molecule has 0 aliphatic carbocycles. The molecule has 31 heavy (non-hydrogen) atoms. The Kier molecular flexibility index (Phi) is 7.05. The van der Waals surface area contributed by atoms with Crippen LogP contribution in [0, 0.1) is 0 Å². The van der Waals surface area contributed by atoms with Crippen molar-refractivity contribution in [2.24, 2.45) is 0 Å². The maximum absolute atomic E-state index is 12.8. The van der Waals surface area contributed by atoms with E-state index in [4.69, 9.17) is 11.6 Å². The summed E-state index contributed by atoms with van der Waals surface area (Å²) < 4.78 is 2.08. The second-order valence-corrected chi connectivity index (χ2v) is 8.36. The van der Waals surface area contributed by atoms with E-state index < -0.39 is 0 Å². The van der Waals surface area contributed by atoms with Crippen molar-refractivity contribution in [1.82, 2.24) is 19.4 Å². The highest BCUT2D eigenvalue weighted by Gasteiger charge is 2.28. The van der Waals surface area contributed by atoms with E-state index in [1.54, 1.807) is 0 Å². The predicted octanol–water partition coefficient (Wildman–Crippen LogP) is 4.42. The molecule has 2 heterocycles. The number of aryl methyl sites for hydroxylation is 2. The molecule has 0 spiro atoms. The molecule has 4 rings (SSSR count). The molecule has 1 unspecified atom stereocenters. The fourth-order valence-electron chi connectivity index (χ4n) is 4.36. The van der Waals surface area contributed by atoms with Crippen LogP contribution in [0.25, 0.3) is 0 Å². The van der Waals surface area contributed by atoms with Crippen LogP contribution in [0.3, 0.4) is 0 Å². The minimum Gasteiger partial charge on any atom is -0.340 e. The van der Waals surface area contributed by atoms with Gasteiger partial charge in [-0.05, 0) is 23.3 Å². The lowest BCUT2D eigenvalue weighted by Crippen LogP contribution is -2.50. The van der Waals surface area contributed by atoms with Gasteiger partial charge < -0.3 is 9.47 Å². The van der Waals surface area contributed by atoms with Gasteiger partial charge in [-0.2, -0.15) is 0 Å². The van der Waals surface area contributed by atoms with Gasteiger partial charge in [0.05, 0.1) is 6.04 Å². The second kappa shape index (κ2) is 10.1. The molecule has 1 aliphatic heterocycles. The highest BCUT2D eigenvalue weighted by Crippen LogP contribution is 2.30. The van der Waals surface area contributed by atoms with Crippen molar-refractivity contribution in [2.45, 2.75) is 32.4 Å². The van der Waals surface area contributed by atoms with Crippen LogP contribution in [-0.2, 0) is 17.8 Å². The van der Waals surface area contributed by atoms with E-state index in [2.05, 4.69) is 57.8 Å². The van der Waals surface area contributed by atoms with Crippen LogP contribution in [0.5, 0.6) is 0 Å². The Hall–Kier alpha value is -2.63. The summed E-state index contributed by atoms with van der Waals surface area (Å²) in [5.74, 6) is 1.25. The third-order valence-electron chi connectivity index (χ3n) is 6.02. The minimum absolute atomic E-state index is 0.161. The lowest BCUT2D eigenvalue weighted by molar-refractivity contribution is -0.133. The standard InChI is InChI=1S/C25H29ClN4O/c1-2-23-27-13-15-28(23)14-12-24(31)29-16-18-30(19-17-29)25(20-6-4-3-5-7-20)21-8-10-22(26)11-9-21/h3-11,13,15,25H,2,12,14,16-19H2,1H3. The summed E-state index contributed by atoms with van der Waals surface area (Å²) in [6, 6.07) is 18.8. The van der Waals surface area contributed by atoms with Crippen molar-refractivity contribution >= 4 is 17.5 Å². The highest BCUT2D eigenvalue weighted by molar-refractivity contribution is 6.30. The van der Waals surface area contributed by atoms with Crippen molar-refractivity contribution in [1.29, 1.82) is 0 Å². The maximum Gasteiger partial charge on any atom is 0.224 e. The molecule has 3 aromatic rings. The summed E-state index contributed by atoms with van der Waals surface area (Å²) in [6.07, 6.45) is 5.16. The second-order valence-electron chi connectivity index (χ2n) is 7.92. The number of nitrogens with zero attached hydrogens (tertiary/aromatic N) is 4. The molecule has 1 amide bonds. The maximum atomic E-state index is 12.8. The van der Waals surface area contributed by atoms with Crippen molar-refractivity contribution in [2.75, 3.05) is 26.2 Å². The molecule has 0 bridgehead atoms. The number of carbonyl (C=O) groups excluding carboxylic acids is 1. The molecular formula is C25H29ClN4O. The SMILES string of the molecule is CCc1nccn1CCC(=O)N1CCN(C(c2ccccc2)c2ccc(Cl)cc2)CC1. The zero-order valence-electron chi connectivity index (χ0n) is 18.0. The van der Waals surface area contributed by atoms with Crippen molar-refractivity contribution in [3.63, 3.8) is 0 Å². The minimum atomic E-state index is 0.161. The smallest absolute Gasteiger partial charge is 0.224 e. The molecule has 2 aromatic carbocycles. The number of carbonyl (C=O) groups is 1. The zero-order valence-corrected chi connectivity index (χ0v) is 18.7. The van der Waals surface area contributed by atoms with E-state index in [0.717, 1.165) is 43.4 Å². The normalized spacial score (nSPS) is 15.7. The Morgan fingerprint density at radius 3 is 2.35 bits per heavy atom. The van der Waals surface area contributed by atoms with Crippen LogP contribution in [0.2, 0.25) is 5.02 Å². The van der Waals surface area contributed by atoms with Gasteiger partial charge in [0.2, 0.25) is 5.91 Å². The van der Waals surface area contributed by atoms with Gasteiger partial charge in [-0.1, -0.05) is 61.0 Å². The third-order valence-corrected chi connectivity index (χ3v) is 6.27. The van der Waals surface area contributed by atoms with Gasteiger partial charge >= 0.3 is 0 Å². The van der Waals surface area contributed by atoms with E-state index in [1.807, 2.05) is 35.5 Å². The lowest BCUT2D eigenvalue weighted by atomic mass is 9.96. The van der Waals surface area contributed by atoms with Gasteiger partial charge in [-0.15, -0.1) is 0 Å². The number of imidazole rings is 1. The molecule has 1 aromatic heterocycles. The van der Waals surface area contributed by atoms with E-state index in [0.29, 0.717) is 13.0 Å². The monoisotopic (exact) mass is 436 g/mol. The number of halogens is 1. The van der Waals surface area contributed by atoms with Crippen LogP contribution >= 0.6 is 11.6 Å². The van der Waals surface area contributed by atoms with Crippen LogP contribution in [0.1, 0.15) is 36.3 Å². The Labute approximate surface area is 189 Å². The van der Waals surface area contributed by atoms with Crippen LogP contribution in [0.4, 0.5) is 0 Å². The largest absolute Gasteiger partial charge is 0.340 e. The summed E-state index contributed by atoms with van der Waals surface area (Å²) >= 11 is 6.12. The van der Waals surface area contributed by atoms with Crippen molar-refractivity contribution < 1.29 is 4.79 Å². The number of amides is 1. The number of rotatable bonds is 7. The first-order chi connectivity index (χ1) is 15.2. The molecule has 1 fully saturated rings. The van der Waals surface area contributed by atoms with Gasteiger partial charge in [-0.3, -0.25) is 9.69 Å². The molecule has 1 saturated heterocycles. The van der Waals surface area contributed by atoms with Gasteiger partial charge in [0, 0.05) is 63.0 Å². The fraction of sp³-hybridized carbons (Fsp3) is 0.360. The van der Waals surface area contributed by atoms with E-state index >= 15 is 0 Å². The van der Waals surface area contributed by atoms with E-state index in [9.17, 15) is 4.79 Å². The number of hydrogen-bond acceptors (Lipinski definition) is 3. The summed E-state index contributed by atoms with van der Waals surface area (Å²) in [6.45, 7) is 5.97. The van der Waals surface area contributed by atoms with Crippen LogP contribution in [-0.4, -0.2) is 51.4 Å². The average molecular weight is 437 g/mol. The molecule has 0 radical (unpaired) electrons. The average Bonchev–Trinajstić information content (AvgIpc) is 3.28. The lowest BCUT2D eigenvalue weighted by Gasteiger charge is -2.40. The van der Waals surface area contributed by atoms with E-state index in [-0.39, 0.29) is 11.9 Å². The molecule has 1 aliphatic rings. The fourth-order valence-corrected chi connectivity index (χ4v) is 4.48. The number of hydrogen-bond donors (Lipinski definition) is 0.